The summed E-state index contributed by atoms with van der Waals surface area (Å²) in [5.41, 5.74) is 34.0. The van der Waals surface area contributed by atoms with E-state index in [1.807, 2.05) is 97.9 Å². The number of rotatable bonds is 16. The minimum absolute atomic E-state index is 0.000106. The van der Waals surface area contributed by atoms with Crippen LogP contribution in [0.25, 0.3) is 44.5 Å². The summed E-state index contributed by atoms with van der Waals surface area (Å²) in [4.78, 5) is 11.5. The molecular weight excluding hydrogens is 1770 g/mol. The van der Waals surface area contributed by atoms with E-state index in [0.717, 1.165) is 91.0 Å². The largest absolute Gasteiger partial charge is 0.388 e. The van der Waals surface area contributed by atoms with Gasteiger partial charge in [-0.3, -0.25) is 4.90 Å². The molecule has 0 bridgehead atoms. The molecule has 143 heavy (non-hydrogen) atoms. The molecule has 3 aliphatic carbocycles. The van der Waals surface area contributed by atoms with Gasteiger partial charge in [0.2, 0.25) is 0 Å². The van der Waals surface area contributed by atoms with Crippen LogP contribution < -0.4 is 19.6 Å². The standard InChI is InChI=1S/C39H45N.C34H36FN.C32H34N2.C27H19F4NO/c1-26-23-30(40(28-17-13-11-14-18-28)29-19-15-12-16-20-29)21-22-31(26)27-24-32-34-33(25-27)36(4,5)38(8,9)39(34,10)37(6,7)35(32,2)3;1-23-20-27(36(25-14-10-8-11-15-25)26-16-12-9-13-17-26)18-19-28(23)24-21-29-31(30(35)22-24)33(4,5)34(6,7)32(29,2)3;1-23-21-27(34(25-13-9-7-10-14-25)26-15-11-8-12-16-26)18-19-28(23)24-17-20-29-30(22-24)32(4,5)33(6)31(29,2)3;1-18-16-22(32(20-8-4-2-5-9-20)21-10-6-3-7-11-21)13-14-23(18)19-12-15-24-25(17-19)27(30,31)33-26(24,28)29/h11-25H,1-10H3;8-22H,1-7H3;7-22H,1-6H3;2-17H,1H3. The fourth-order valence-electron chi connectivity index (χ4n) is 24.1. The average molecular weight is 1900 g/mol. The molecule has 21 rings (SSSR count). The second-order valence-electron chi connectivity index (χ2n) is 44.7. The molecule has 0 amide bonds. The smallest absolute Gasteiger partial charge is 0.310 e. The Morgan fingerprint density at radius 1 is 0.217 bits per heavy atom. The highest BCUT2D eigenvalue weighted by atomic mass is 19.3. The number of nitrogens with zero attached hydrogens (tertiary/aromatic N) is 5. The monoisotopic (exact) mass is 1900 g/mol. The molecule has 2 heterocycles. The summed E-state index contributed by atoms with van der Waals surface area (Å²) in [7, 11) is 2.24. The lowest BCUT2D eigenvalue weighted by molar-refractivity contribution is -0.369. The van der Waals surface area contributed by atoms with Gasteiger partial charge >= 0.3 is 12.2 Å². The van der Waals surface area contributed by atoms with Crippen LogP contribution in [0, 0.1) is 49.8 Å². The molecule has 0 spiro atoms. The number of aryl methyl sites for hydroxylation is 4. The number of para-hydroxylation sites is 8. The van der Waals surface area contributed by atoms with Gasteiger partial charge in [-0.2, -0.15) is 17.6 Å². The third-order valence-corrected chi connectivity index (χ3v) is 35.3. The Kier molecular flexibility index (Phi) is 25.5. The topological polar surface area (TPSA) is 25.4 Å². The van der Waals surface area contributed by atoms with E-state index >= 15 is 4.39 Å². The Hall–Kier alpha value is -13.7. The number of ether oxygens (including phenoxy) is 1. The highest BCUT2D eigenvalue weighted by molar-refractivity contribution is 5.87. The molecule has 5 aliphatic rings. The summed E-state index contributed by atoms with van der Waals surface area (Å²) in [5, 5.41) is 0. The van der Waals surface area contributed by atoms with Gasteiger partial charge in [0.1, 0.15) is 5.82 Å². The van der Waals surface area contributed by atoms with E-state index in [2.05, 4.69) is 449 Å². The van der Waals surface area contributed by atoms with Gasteiger partial charge in [0.05, 0.1) is 11.1 Å². The van der Waals surface area contributed by atoms with E-state index in [9.17, 15) is 17.6 Å². The molecule has 0 fully saturated rings. The van der Waals surface area contributed by atoms with Crippen LogP contribution in [0.1, 0.15) is 204 Å². The maximum Gasteiger partial charge on any atom is 0.388 e. The first-order valence-corrected chi connectivity index (χ1v) is 50.2. The number of alkyl halides is 4. The molecule has 16 aromatic carbocycles. The second kappa shape index (κ2) is 36.6. The van der Waals surface area contributed by atoms with Gasteiger partial charge in [0, 0.05) is 84.7 Å². The van der Waals surface area contributed by atoms with Crippen molar-refractivity contribution < 1.29 is 26.7 Å². The van der Waals surface area contributed by atoms with Crippen LogP contribution in [0.2, 0.25) is 0 Å². The fraction of sp³-hybridized carbons (Fsp3) is 0.273. The SMILES string of the molecule is Cc1cc(N(c2ccccc2)c2ccccc2)ccc1-c1cc(F)c2c(c1)C(C)(C)C(C)(C)C2(C)C.Cc1cc(N(c2ccccc2)c2ccccc2)ccc1-c1cc2c3c(c1)C(C)(C)C(C)(C)C3(C)C(C)(C)C2(C)C.Cc1cc(N(c2ccccc2)c2ccccc2)ccc1-c1ccc2c(c1)C(C)(C)N(C)C2(C)C.Cc1cc(N(c2ccccc2)c2ccccc2)ccc1-c1ccc2c(c1)C(F)(F)OC2(F)F. The Balaban J connectivity index is 0.000000126. The Labute approximate surface area is 845 Å². The van der Waals surface area contributed by atoms with Crippen molar-refractivity contribution in [3.8, 4) is 44.5 Å². The summed E-state index contributed by atoms with van der Waals surface area (Å²) in [6, 6.07) is 129. The molecule has 0 atom stereocenters. The van der Waals surface area contributed by atoms with Crippen LogP contribution in [-0.2, 0) is 55.1 Å². The third kappa shape index (κ3) is 16.7. The predicted molar refractivity (Wildman–Crippen MR) is 589 cm³/mol. The third-order valence-electron chi connectivity index (χ3n) is 35.3. The number of hydrogen-bond donors (Lipinski definition) is 0. The summed E-state index contributed by atoms with van der Waals surface area (Å²) in [6.07, 6.45) is -8.05. The fourth-order valence-corrected chi connectivity index (χ4v) is 24.1. The molecule has 0 unspecified atom stereocenters. The maximum absolute atomic E-state index is 15.8. The minimum Gasteiger partial charge on any atom is -0.310 e. The zero-order valence-electron chi connectivity index (χ0n) is 87.3. The normalized spacial score (nSPS) is 17.5. The van der Waals surface area contributed by atoms with Crippen molar-refractivity contribution in [2.75, 3.05) is 26.6 Å². The molecule has 728 valence electrons. The zero-order valence-corrected chi connectivity index (χ0v) is 87.3. The Morgan fingerprint density at radius 3 is 0.748 bits per heavy atom. The quantitative estimate of drug-likeness (QED) is 0.0895. The Bertz CT molecular complexity index is 7210. The van der Waals surface area contributed by atoms with E-state index in [-0.39, 0.29) is 60.2 Å². The zero-order chi connectivity index (χ0) is 102. The number of fused-ring (bicyclic) bond motifs is 3. The lowest BCUT2D eigenvalue weighted by atomic mass is 9.47. The number of halogens is 5. The van der Waals surface area contributed by atoms with E-state index in [4.69, 9.17) is 0 Å². The van der Waals surface area contributed by atoms with Crippen molar-refractivity contribution in [3.05, 3.63) is 454 Å². The molecule has 11 heteroatoms. The first-order valence-electron chi connectivity index (χ1n) is 50.2. The van der Waals surface area contributed by atoms with Crippen LogP contribution in [-0.4, -0.2) is 11.9 Å². The van der Waals surface area contributed by atoms with Crippen molar-refractivity contribution >= 4 is 68.2 Å². The molecule has 16 aromatic rings. The first kappa shape index (κ1) is 99.4. The highest BCUT2D eigenvalue weighted by Gasteiger charge is 2.72. The van der Waals surface area contributed by atoms with Crippen molar-refractivity contribution in [2.24, 2.45) is 16.2 Å². The molecule has 0 aromatic heterocycles. The lowest BCUT2D eigenvalue weighted by Crippen LogP contribution is -2.55. The van der Waals surface area contributed by atoms with Gasteiger partial charge in [-0.25, -0.2) is 9.13 Å². The molecule has 0 saturated carbocycles. The van der Waals surface area contributed by atoms with E-state index < -0.39 is 23.3 Å². The predicted octanol–water partition coefficient (Wildman–Crippen LogP) is 37.7. The molecule has 6 nitrogen and oxygen atoms in total. The average Bonchev–Trinajstić information content (AvgIpc) is 1.47. The van der Waals surface area contributed by atoms with Crippen molar-refractivity contribution in [1.29, 1.82) is 0 Å². The van der Waals surface area contributed by atoms with Gasteiger partial charge in [0.25, 0.3) is 0 Å². The summed E-state index contributed by atoms with van der Waals surface area (Å²) < 4.78 is 75.2. The minimum atomic E-state index is -4.04. The van der Waals surface area contributed by atoms with Crippen LogP contribution >= 0.6 is 0 Å². The van der Waals surface area contributed by atoms with Crippen LogP contribution in [0.3, 0.4) is 0 Å². The van der Waals surface area contributed by atoms with Crippen LogP contribution in [0.15, 0.2) is 376 Å². The van der Waals surface area contributed by atoms with Gasteiger partial charge in [-0.15, -0.1) is 0 Å². The molecule has 0 radical (unpaired) electrons. The van der Waals surface area contributed by atoms with Gasteiger partial charge < -0.3 is 19.6 Å². The van der Waals surface area contributed by atoms with Gasteiger partial charge in [-0.05, 0) is 376 Å². The van der Waals surface area contributed by atoms with E-state index in [1.54, 1.807) is 22.8 Å². The molecule has 2 aliphatic heterocycles. The maximum atomic E-state index is 15.8. The van der Waals surface area contributed by atoms with Crippen molar-refractivity contribution in [3.63, 3.8) is 0 Å². The van der Waals surface area contributed by atoms with Gasteiger partial charge in [0.15, 0.2) is 0 Å². The summed E-state index contributed by atoms with van der Waals surface area (Å²) in [6.45, 7) is 53.8. The van der Waals surface area contributed by atoms with Crippen molar-refractivity contribution in [2.45, 2.75) is 210 Å². The summed E-state index contributed by atoms with van der Waals surface area (Å²) in [5.74, 6) is -0.0928. The summed E-state index contributed by atoms with van der Waals surface area (Å²) >= 11 is 0. The van der Waals surface area contributed by atoms with Crippen LogP contribution in [0.5, 0.6) is 0 Å². The van der Waals surface area contributed by atoms with E-state index in [1.165, 1.54) is 73.3 Å². The first-order chi connectivity index (χ1) is 67.6. The van der Waals surface area contributed by atoms with E-state index in [0.29, 0.717) is 11.1 Å². The van der Waals surface area contributed by atoms with Gasteiger partial charge in [-0.1, -0.05) is 310 Å². The molecular formula is C132H134F5N5O. The number of anilines is 12. The highest BCUT2D eigenvalue weighted by Crippen LogP contribution is 2.77. The number of benzene rings is 16. The second-order valence-corrected chi connectivity index (χ2v) is 44.7. The molecule has 0 saturated heterocycles. The Morgan fingerprint density at radius 2 is 0.455 bits per heavy atom. The van der Waals surface area contributed by atoms with Crippen LogP contribution in [0.4, 0.5) is 90.2 Å². The lowest BCUT2D eigenvalue weighted by Gasteiger charge is -2.56. The molecule has 0 N–H and O–H groups in total. The number of hydrogen-bond acceptors (Lipinski definition) is 6. The van der Waals surface area contributed by atoms with Crippen molar-refractivity contribution in [1.82, 2.24) is 4.90 Å².